The van der Waals surface area contributed by atoms with Gasteiger partial charge in [-0.2, -0.15) is 0 Å². The molecule has 0 bridgehead atoms. The summed E-state index contributed by atoms with van der Waals surface area (Å²) < 4.78 is 0. The van der Waals surface area contributed by atoms with Gasteiger partial charge >= 0.3 is 5.97 Å². The van der Waals surface area contributed by atoms with E-state index in [4.69, 9.17) is 0 Å². The van der Waals surface area contributed by atoms with Crippen LogP contribution in [-0.4, -0.2) is 48.1 Å². The first-order chi connectivity index (χ1) is 11.9. The third-order valence-corrected chi connectivity index (χ3v) is 6.01. The highest BCUT2D eigenvalue weighted by atomic mass is 16.4. The zero-order valence-electron chi connectivity index (χ0n) is 15.0. The summed E-state index contributed by atoms with van der Waals surface area (Å²) in [7, 11) is 0. The van der Waals surface area contributed by atoms with Crippen LogP contribution >= 0.6 is 0 Å². The Morgan fingerprint density at radius 2 is 1.84 bits per heavy atom. The number of hydrogen-bond acceptors (Lipinski definition) is 3. The lowest BCUT2D eigenvalue weighted by atomic mass is 9.79. The van der Waals surface area contributed by atoms with Crippen molar-refractivity contribution in [1.82, 2.24) is 10.2 Å². The topological polar surface area (TPSA) is 69.6 Å². The average molecular weight is 344 g/mol. The molecule has 0 radical (unpaired) electrons. The van der Waals surface area contributed by atoms with Gasteiger partial charge in [0.2, 0.25) is 5.91 Å². The molecule has 1 unspecified atom stereocenters. The van der Waals surface area contributed by atoms with Crippen molar-refractivity contribution >= 4 is 11.9 Å². The van der Waals surface area contributed by atoms with E-state index >= 15 is 0 Å². The fourth-order valence-corrected chi connectivity index (χ4v) is 4.30. The van der Waals surface area contributed by atoms with E-state index < -0.39 is 11.4 Å². The summed E-state index contributed by atoms with van der Waals surface area (Å²) >= 11 is 0. The molecule has 0 aromatic heterocycles. The number of aliphatic carboxylic acids is 1. The molecule has 5 heteroatoms. The lowest BCUT2D eigenvalue weighted by molar-refractivity contribution is -0.147. The van der Waals surface area contributed by atoms with Crippen LogP contribution in [-0.2, 0) is 15.0 Å². The molecule has 1 heterocycles. The summed E-state index contributed by atoms with van der Waals surface area (Å²) in [6.07, 6.45) is 5.22. The molecule has 1 aromatic carbocycles. The van der Waals surface area contributed by atoms with Gasteiger partial charge in [-0.05, 0) is 38.3 Å². The van der Waals surface area contributed by atoms with Crippen LogP contribution in [0.1, 0.15) is 44.6 Å². The Hall–Kier alpha value is -1.88. The Morgan fingerprint density at radius 3 is 2.44 bits per heavy atom. The third kappa shape index (κ3) is 3.87. The molecule has 25 heavy (non-hydrogen) atoms. The number of benzene rings is 1. The van der Waals surface area contributed by atoms with Crippen molar-refractivity contribution in [3.05, 3.63) is 35.9 Å². The number of likely N-dealkylation sites (tertiary alicyclic amines) is 1. The molecule has 1 saturated heterocycles. The lowest BCUT2D eigenvalue weighted by Gasteiger charge is -2.30. The number of rotatable bonds is 6. The quantitative estimate of drug-likeness (QED) is 0.831. The summed E-state index contributed by atoms with van der Waals surface area (Å²) in [6.45, 7) is 3.82. The maximum absolute atomic E-state index is 12.4. The maximum atomic E-state index is 12.4. The minimum atomic E-state index is -0.774. The standard InChI is InChI=1S/C20H28N2O3/c1-19(18(24)25)11-12-22(15-19)13-17(23)21-14-20(9-5-6-10-20)16-7-3-2-4-8-16/h2-4,7-8H,5-6,9-15H2,1H3,(H,21,23)(H,24,25). The van der Waals surface area contributed by atoms with Gasteiger partial charge in [0.05, 0.1) is 12.0 Å². The van der Waals surface area contributed by atoms with Gasteiger partial charge in [-0.25, -0.2) is 0 Å². The Labute approximate surface area is 149 Å². The molecule has 1 atom stereocenters. The molecular weight excluding hydrogens is 316 g/mol. The summed E-state index contributed by atoms with van der Waals surface area (Å²) in [5.74, 6) is -0.777. The van der Waals surface area contributed by atoms with Gasteiger partial charge in [0.25, 0.3) is 0 Å². The molecule has 0 spiro atoms. The number of nitrogens with one attached hydrogen (secondary N) is 1. The summed E-state index contributed by atoms with van der Waals surface area (Å²) in [4.78, 5) is 25.7. The van der Waals surface area contributed by atoms with E-state index in [1.165, 1.54) is 18.4 Å². The van der Waals surface area contributed by atoms with E-state index in [1.807, 2.05) is 11.0 Å². The second-order valence-electron chi connectivity index (χ2n) is 7.96. The van der Waals surface area contributed by atoms with Crippen LogP contribution in [0.5, 0.6) is 0 Å². The van der Waals surface area contributed by atoms with E-state index in [2.05, 4.69) is 29.6 Å². The van der Waals surface area contributed by atoms with Crippen LogP contribution < -0.4 is 5.32 Å². The van der Waals surface area contributed by atoms with Gasteiger partial charge in [0.15, 0.2) is 0 Å². The van der Waals surface area contributed by atoms with Gasteiger partial charge in [-0.1, -0.05) is 43.2 Å². The molecule has 2 aliphatic rings. The number of carbonyl (C=O) groups excluding carboxylic acids is 1. The Kier molecular flexibility index (Phi) is 5.13. The predicted octanol–water partition coefficient (Wildman–Crippen LogP) is 2.41. The Balaban J connectivity index is 1.56. The Bertz CT molecular complexity index is 625. The first-order valence-corrected chi connectivity index (χ1v) is 9.22. The average Bonchev–Trinajstić information content (AvgIpc) is 3.23. The molecule has 1 saturated carbocycles. The van der Waals surface area contributed by atoms with Gasteiger partial charge in [-0.3, -0.25) is 14.5 Å². The van der Waals surface area contributed by atoms with Crippen molar-refractivity contribution in [2.45, 2.75) is 44.4 Å². The number of carbonyl (C=O) groups is 2. The van der Waals surface area contributed by atoms with Gasteiger partial charge < -0.3 is 10.4 Å². The molecule has 1 aliphatic heterocycles. The second kappa shape index (κ2) is 7.16. The van der Waals surface area contributed by atoms with Gasteiger partial charge in [0, 0.05) is 18.5 Å². The van der Waals surface area contributed by atoms with Crippen LogP contribution in [0, 0.1) is 5.41 Å². The molecular formula is C20H28N2O3. The molecule has 1 aliphatic carbocycles. The minimum absolute atomic E-state index is 0.00292. The van der Waals surface area contributed by atoms with Crippen LogP contribution in [0.4, 0.5) is 0 Å². The minimum Gasteiger partial charge on any atom is -0.481 e. The zero-order valence-corrected chi connectivity index (χ0v) is 15.0. The van der Waals surface area contributed by atoms with Crippen molar-refractivity contribution < 1.29 is 14.7 Å². The van der Waals surface area contributed by atoms with E-state index in [0.29, 0.717) is 26.1 Å². The third-order valence-electron chi connectivity index (χ3n) is 6.01. The lowest BCUT2D eigenvalue weighted by Crippen LogP contribution is -2.43. The molecule has 2 N–H and O–H groups in total. The highest BCUT2D eigenvalue weighted by Gasteiger charge is 2.41. The SMILES string of the molecule is CC1(C(=O)O)CCN(CC(=O)NCC2(c3ccccc3)CCCC2)C1. The number of nitrogens with zero attached hydrogens (tertiary/aromatic N) is 1. The van der Waals surface area contributed by atoms with Crippen molar-refractivity contribution in [2.75, 3.05) is 26.2 Å². The number of carboxylic acid groups (broad SMARTS) is 1. The monoisotopic (exact) mass is 344 g/mol. The van der Waals surface area contributed by atoms with Crippen molar-refractivity contribution in [2.24, 2.45) is 5.41 Å². The number of carboxylic acids is 1. The molecule has 2 fully saturated rings. The van der Waals surface area contributed by atoms with E-state index in [0.717, 1.165) is 12.8 Å². The van der Waals surface area contributed by atoms with Crippen molar-refractivity contribution in [3.8, 4) is 0 Å². The van der Waals surface area contributed by atoms with Crippen molar-refractivity contribution in [3.63, 3.8) is 0 Å². The summed E-state index contributed by atoms with van der Waals surface area (Å²) in [5, 5.41) is 12.4. The van der Waals surface area contributed by atoms with Crippen LogP contribution in [0.15, 0.2) is 30.3 Å². The highest BCUT2D eigenvalue weighted by Crippen LogP contribution is 2.40. The van der Waals surface area contributed by atoms with E-state index in [9.17, 15) is 14.7 Å². The molecule has 1 amide bonds. The zero-order chi connectivity index (χ0) is 17.9. The number of amides is 1. The fourth-order valence-electron chi connectivity index (χ4n) is 4.30. The Morgan fingerprint density at radius 1 is 1.16 bits per heavy atom. The smallest absolute Gasteiger partial charge is 0.310 e. The number of hydrogen-bond donors (Lipinski definition) is 2. The first-order valence-electron chi connectivity index (χ1n) is 9.22. The van der Waals surface area contributed by atoms with Crippen molar-refractivity contribution in [1.29, 1.82) is 0 Å². The van der Waals surface area contributed by atoms with Crippen LogP contribution in [0.2, 0.25) is 0 Å². The van der Waals surface area contributed by atoms with Gasteiger partial charge in [0.1, 0.15) is 0 Å². The van der Waals surface area contributed by atoms with Gasteiger partial charge in [-0.15, -0.1) is 0 Å². The van der Waals surface area contributed by atoms with E-state index in [1.54, 1.807) is 6.92 Å². The first kappa shape index (κ1) is 17.9. The summed E-state index contributed by atoms with van der Waals surface area (Å²) in [5.41, 5.74) is 0.640. The van der Waals surface area contributed by atoms with E-state index in [-0.39, 0.29) is 17.9 Å². The normalized spacial score (nSPS) is 25.8. The summed E-state index contributed by atoms with van der Waals surface area (Å²) in [6, 6.07) is 10.5. The molecule has 136 valence electrons. The molecule has 5 nitrogen and oxygen atoms in total. The maximum Gasteiger partial charge on any atom is 0.310 e. The second-order valence-corrected chi connectivity index (χ2v) is 7.96. The van der Waals surface area contributed by atoms with Crippen LogP contribution in [0.3, 0.4) is 0 Å². The largest absolute Gasteiger partial charge is 0.481 e. The predicted molar refractivity (Wildman–Crippen MR) is 96.4 cm³/mol. The van der Waals surface area contributed by atoms with Crippen LogP contribution in [0.25, 0.3) is 0 Å². The molecule has 1 aromatic rings. The molecule has 3 rings (SSSR count). The fraction of sp³-hybridized carbons (Fsp3) is 0.600. The highest BCUT2D eigenvalue weighted by molar-refractivity contribution is 5.79.